The van der Waals surface area contributed by atoms with Crippen LogP contribution in [0.1, 0.15) is 22.9 Å². The molecule has 0 spiro atoms. The molecule has 130 valence electrons. The van der Waals surface area contributed by atoms with Crippen molar-refractivity contribution in [3.8, 4) is 11.5 Å². The second-order valence-electron chi connectivity index (χ2n) is 5.45. The van der Waals surface area contributed by atoms with Crippen molar-refractivity contribution in [2.45, 2.75) is 20.8 Å². The first kappa shape index (κ1) is 17.2. The molecule has 3 rings (SSSR count). The zero-order valence-corrected chi connectivity index (χ0v) is 15.4. The van der Waals surface area contributed by atoms with Crippen LogP contribution in [0, 0.1) is 13.8 Å². The van der Waals surface area contributed by atoms with Crippen molar-refractivity contribution >= 4 is 27.8 Å². The van der Waals surface area contributed by atoms with Gasteiger partial charge in [0.2, 0.25) is 0 Å². The van der Waals surface area contributed by atoms with Gasteiger partial charge in [-0.15, -0.1) is 11.3 Å². The highest BCUT2D eigenvalue weighted by atomic mass is 32.1. The van der Waals surface area contributed by atoms with Gasteiger partial charge in [-0.05, 0) is 50.1 Å². The van der Waals surface area contributed by atoms with Crippen molar-refractivity contribution < 1.29 is 9.47 Å². The first-order chi connectivity index (χ1) is 12.0. The Labute approximate surface area is 149 Å². The van der Waals surface area contributed by atoms with Gasteiger partial charge in [-0.25, -0.2) is 4.98 Å². The first-order valence-electron chi connectivity index (χ1n) is 7.87. The van der Waals surface area contributed by atoms with Crippen LogP contribution in [-0.2, 0) is 0 Å². The molecule has 2 heterocycles. The Hall–Kier alpha value is -2.67. The fraction of sp³-hybridized carbons (Fsp3) is 0.278. The minimum absolute atomic E-state index is 0.166. The van der Waals surface area contributed by atoms with Gasteiger partial charge in [-0.3, -0.25) is 4.79 Å². The first-order valence-corrected chi connectivity index (χ1v) is 8.69. The number of aromatic nitrogens is 2. The highest BCUT2D eigenvalue weighted by molar-refractivity contribution is 7.18. The van der Waals surface area contributed by atoms with Crippen LogP contribution >= 0.6 is 11.3 Å². The third kappa shape index (κ3) is 3.28. The van der Waals surface area contributed by atoms with E-state index in [9.17, 15) is 4.79 Å². The van der Waals surface area contributed by atoms with Crippen LogP contribution < -0.4 is 15.0 Å². The normalized spacial score (nSPS) is 11.4. The van der Waals surface area contributed by atoms with E-state index in [0.717, 1.165) is 20.8 Å². The standard InChI is InChI=1S/C18H19N3O3S/c1-5-24-14-7-6-13(8-15(14)23-4)9-20-21-10-19-17-16(18(21)22)11(2)12(3)25-17/h6-10H,5H2,1-4H3. The molecule has 6 nitrogen and oxygen atoms in total. The maximum absolute atomic E-state index is 12.6. The summed E-state index contributed by atoms with van der Waals surface area (Å²) in [5.74, 6) is 1.29. The molecule has 0 aliphatic heterocycles. The quantitative estimate of drug-likeness (QED) is 0.657. The molecule has 0 bridgehead atoms. The Kier molecular flexibility index (Phi) is 4.85. The van der Waals surface area contributed by atoms with Crippen LogP contribution in [0.25, 0.3) is 10.2 Å². The highest BCUT2D eigenvalue weighted by Crippen LogP contribution is 2.27. The largest absolute Gasteiger partial charge is 0.493 e. The molecule has 0 aliphatic carbocycles. The molecule has 0 amide bonds. The van der Waals surface area contributed by atoms with E-state index in [1.807, 2.05) is 39.0 Å². The lowest BCUT2D eigenvalue weighted by molar-refractivity contribution is 0.311. The van der Waals surface area contributed by atoms with Gasteiger partial charge in [0.25, 0.3) is 5.56 Å². The fourth-order valence-electron chi connectivity index (χ4n) is 2.48. The second kappa shape index (κ2) is 7.06. The molecule has 3 aromatic rings. The number of hydrogen-bond acceptors (Lipinski definition) is 6. The molecule has 1 aromatic carbocycles. The van der Waals surface area contributed by atoms with Crippen LogP contribution in [0.5, 0.6) is 11.5 Å². The van der Waals surface area contributed by atoms with Crippen molar-refractivity contribution in [2.75, 3.05) is 13.7 Å². The Morgan fingerprint density at radius 1 is 1.32 bits per heavy atom. The van der Waals surface area contributed by atoms with Crippen LogP contribution in [0.15, 0.2) is 34.4 Å². The maximum Gasteiger partial charge on any atom is 0.282 e. The molecule has 0 saturated heterocycles. The molecule has 0 fully saturated rings. The molecule has 7 heteroatoms. The fourth-order valence-corrected chi connectivity index (χ4v) is 3.46. The number of thiophene rings is 1. The SMILES string of the molecule is CCOc1ccc(C=Nn2cnc3sc(C)c(C)c3c2=O)cc1OC. The van der Waals surface area contributed by atoms with E-state index < -0.39 is 0 Å². The van der Waals surface area contributed by atoms with E-state index >= 15 is 0 Å². The number of fused-ring (bicyclic) bond motifs is 1. The number of ether oxygens (including phenoxy) is 2. The van der Waals surface area contributed by atoms with E-state index in [2.05, 4.69) is 10.1 Å². The Morgan fingerprint density at radius 2 is 2.12 bits per heavy atom. The van der Waals surface area contributed by atoms with Crippen molar-refractivity contribution in [1.82, 2.24) is 9.66 Å². The summed E-state index contributed by atoms with van der Waals surface area (Å²) in [5, 5.41) is 4.88. The summed E-state index contributed by atoms with van der Waals surface area (Å²) >= 11 is 1.52. The molecule has 0 N–H and O–H groups in total. The predicted molar refractivity (Wildman–Crippen MR) is 101 cm³/mol. The lowest BCUT2D eigenvalue weighted by Crippen LogP contribution is -2.16. The Balaban J connectivity index is 1.97. The minimum atomic E-state index is -0.166. The zero-order chi connectivity index (χ0) is 18.0. The number of benzene rings is 1. The number of methoxy groups -OCH3 is 1. The van der Waals surface area contributed by atoms with E-state index in [-0.39, 0.29) is 5.56 Å². The van der Waals surface area contributed by atoms with Crippen molar-refractivity contribution in [3.63, 3.8) is 0 Å². The summed E-state index contributed by atoms with van der Waals surface area (Å²) in [6, 6.07) is 5.49. The molecule has 0 atom stereocenters. The van der Waals surface area contributed by atoms with Gasteiger partial charge in [0, 0.05) is 4.88 Å². The molecule has 0 unspecified atom stereocenters. The summed E-state index contributed by atoms with van der Waals surface area (Å²) in [6.07, 6.45) is 3.05. The number of aryl methyl sites for hydroxylation is 2. The summed E-state index contributed by atoms with van der Waals surface area (Å²) in [6.45, 7) is 6.40. The van der Waals surface area contributed by atoms with Crippen LogP contribution in [0.2, 0.25) is 0 Å². The summed E-state index contributed by atoms with van der Waals surface area (Å²) in [4.78, 5) is 18.8. The third-order valence-electron chi connectivity index (χ3n) is 3.89. The summed E-state index contributed by atoms with van der Waals surface area (Å²) in [7, 11) is 1.59. The topological polar surface area (TPSA) is 65.7 Å². The van der Waals surface area contributed by atoms with Gasteiger partial charge in [-0.2, -0.15) is 9.78 Å². The van der Waals surface area contributed by atoms with E-state index in [0.29, 0.717) is 23.5 Å². The number of hydrogen-bond donors (Lipinski definition) is 0. The molecule has 25 heavy (non-hydrogen) atoms. The lowest BCUT2D eigenvalue weighted by Gasteiger charge is -2.09. The minimum Gasteiger partial charge on any atom is -0.493 e. The van der Waals surface area contributed by atoms with Crippen LogP contribution in [0.3, 0.4) is 0 Å². The summed E-state index contributed by atoms with van der Waals surface area (Å²) < 4.78 is 12.1. The van der Waals surface area contributed by atoms with Gasteiger partial charge < -0.3 is 9.47 Å². The molecule has 0 aliphatic rings. The summed E-state index contributed by atoms with van der Waals surface area (Å²) in [5.41, 5.74) is 1.59. The van der Waals surface area contributed by atoms with Gasteiger partial charge >= 0.3 is 0 Å². The third-order valence-corrected chi connectivity index (χ3v) is 5.01. The second-order valence-corrected chi connectivity index (χ2v) is 6.65. The molecule has 0 saturated carbocycles. The maximum atomic E-state index is 12.6. The monoisotopic (exact) mass is 357 g/mol. The molecular formula is C18H19N3O3S. The number of nitrogens with zero attached hydrogens (tertiary/aromatic N) is 3. The number of rotatable bonds is 5. The van der Waals surface area contributed by atoms with E-state index in [4.69, 9.17) is 9.47 Å². The van der Waals surface area contributed by atoms with Gasteiger partial charge in [0.05, 0.1) is 25.3 Å². The van der Waals surface area contributed by atoms with Gasteiger partial charge in [0.15, 0.2) is 11.5 Å². The average Bonchev–Trinajstić information content (AvgIpc) is 2.90. The van der Waals surface area contributed by atoms with E-state index in [1.165, 1.54) is 22.3 Å². The molecule has 0 radical (unpaired) electrons. The van der Waals surface area contributed by atoms with E-state index in [1.54, 1.807) is 13.3 Å². The molecule has 2 aromatic heterocycles. The lowest BCUT2D eigenvalue weighted by atomic mass is 10.2. The van der Waals surface area contributed by atoms with Crippen LogP contribution in [0.4, 0.5) is 0 Å². The van der Waals surface area contributed by atoms with Crippen LogP contribution in [-0.4, -0.2) is 29.6 Å². The zero-order valence-electron chi connectivity index (χ0n) is 14.6. The predicted octanol–water partition coefficient (Wildman–Crippen LogP) is 3.36. The Morgan fingerprint density at radius 3 is 2.84 bits per heavy atom. The van der Waals surface area contributed by atoms with Gasteiger partial charge in [0.1, 0.15) is 11.2 Å². The van der Waals surface area contributed by atoms with Crippen molar-refractivity contribution in [1.29, 1.82) is 0 Å². The van der Waals surface area contributed by atoms with Gasteiger partial charge in [-0.1, -0.05) is 0 Å². The van der Waals surface area contributed by atoms with Crippen molar-refractivity contribution in [2.24, 2.45) is 5.10 Å². The van der Waals surface area contributed by atoms with Crippen molar-refractivity contribution in [3.05, 3.63) is 50.9 Å². The smallest absolute Gasteiger partial charge is 0.282 e. The average molecular weight is 357 g/mol. The molecular weight excluding hydrogens is 338 g/mol. The highest BCUT2D eigenvalue weighted by Gasteiger charge is 2.11. The Bertz CT molecular complexity index is 1000.